The fourth-order valence-electron chi connectivity index (χ4n) is 2.29. The Kier molecular flexibility index (Phi) is 6.78. The molecule has 1 aromatic heterocycles. The van der Waals surface area contributed by atoms with Crippen LogP contribution in [0.1, 0.15) is 64.4 Å². The van der Waals surface area contributed by atoms with E-state index in [4.69, 9.17) is 9.47 Å². The minimum Gasteiger partial charge on any atom is -0.507 e. The molecule has 0 saturated carbocycles. The van der Waals surface area contributed by atoms with Gasteiger partial charge in [0, 0.05) is 12.3 Å². The van der Waals surface area contributed by atoms with Crippen LogP contribution in [0.4, 0.5) is 0 Å². The summed E-state index contributed by atoms with van der Waals surface area (Å²) in [5.41, 5.74) is -1.47. The van der Waals surface area contributed by atoms with Crippen LogP contribution in [0, 0.1) is 5.92 Å². The molecule has 0 spiro atoms. The number of pyridine rings is 1. The Morgan fingerprint density at radius 1 is 1.28 bits per heavy atom. The number of hydrogen-bond donors (Lipinski definition) is 1. The summed E-state index contributed by atoms with van der Waals surface area (Å²) in [5.74, 6) is -1.71. The average Bonchev–Trinajstić information content (AvgIpc) is 2.43. The highest BCUT2D eigenvalue weighted by molar-refractivity contribution is 5.92. The molecule has 0 aliphatic carbocycles. The maximum atomic E-state index is 12.6. The van der Waals surface area contributed by atoms with Crippen molar-refractivity contribution < 1.29 is 24.2 Å². The molecule has 0 bridgehead atoms. The predicted molar refractivity (Wildman–Crippen MR) is 92.7 cm³/mol. The number of esters is 2. The van der Waals surface area contributed by atoms with E-state index in [1.165, 1.54) is 0 Å². The molecule has 1 atom stereocenters. The van der Waals surface area contributed by atoms with Gasteiger partial charge in [0.15, 0.2) is 0 Å². The largest absolute Gasteiger partial charge is 0.507 e. The van der Waals surface area contributed by atoms with E-state index in [0.29, 0.717) is 6.42 Å². The lowest BCUT2D eigenvalue weighted by molar-refractivity contribution is -0.159. The number of aromatic hydroxyl groups is 1. The van der Waals surface area contributed by atoms with Gasteiger partial charge in [-0.1, -0.05) is 13.8 Å². The number of hydrogen-bond acceptors (Lipinski definition) is 6. The molecule has 140 valence electrons. The third-order valence-electron chi connectivity index (χ3n) is 3.26. The van der Waals surface area contributed by atoms with Gasteiger partial charge in [-0.2, -0.15) is 0 Å². The highest BCUT2D eigenvalue weighted by Crippen LogP contribution is 2.23. The van der Waals surface area contributed by atoms with Crippen molar-refractivity contribution in [3.8, 4) is 5.75 Å². The van der Waals surface area contributed by atoms with E-state index in [9.17, 15) is 19.5 Å². The highest BCUT2D eigenvalue weighted by atomic mass is 16.6. The number of ether oxygens (including phenoxy) is 2. The van der Waals surface area contributed by atoms with E-state index < -0.39 is 34.9 Å². The van der Waals surface area contributed by atoms with Crippen LogP contribution in [-0.4, -0.2) is 33.8 Å². The topological polar surface area (TPSA) is 94.8 Å². The molecule has 1 aromatic rings. The van der Waals surface area contributed by atoms with Gasteiger partial charge in [-0.05, 0) is 40.0 Å². The van der Waals surface area contributed by atoms with Gasteiger partial charge in [-0.3, -0.25) is 4.79 Å². The van der Waals surface area contributed by atoms with Crippen LogP contribution < -0.4 is 5.56 Å². The van der Waals surface area contributed by atoms with Gasteiger partial charge in [0.05, 0.1) is 6.61 Å². The molecule has 1 heterocycles. The first-order valence-electron chi connectivity index (χ1n) is 8.31. The van der Waals surface area contributed by atoms with Crippen molar-refractivity contribution in [1.82, 2.24) is 4.57 Å². The summed E-state index contributed by atoms with van der Waals surface area (Å²) in [5, 5.41) is 9.87. The van der Waals surface area contributed by atoms with Gasteiger partial charge in [0.1, 0.15) is 23.0 Å². The zero-order valence-electron chi connectivity index (χ0n) is 15.7. The molecule has 1 N–H and O–H groups in total. The van der Waals surface area contributed by atoms with Gasteiger partial charge < -0.3 is 19.1 Å². The molecular weight excluding hydrogens is 326 g/mol. The Morgan fingerprint density at radius 3 is 2.36 bits per heavy atom. The molecule has 0 saturated heterocycles. The maximum Gasteiger partial charge on any atom is 0.343 e. The third kappa shape index (κ3) is 5.92. The first-order valence-corrected chi connectivity index (χ1v) is 8.31. The van der Waals surface area contributed by atoms with Crippen molar-refractivity contribution in [2.75, 3.05) is 6.61 Å². The lowest BCUT2D eigenvalue weighted by Crippen LogP contribution is -2.35. The number of aromatic nitrogens is 1. The van der Waals surface area contributed by atoms with E-state index in [-0.39, 0.29) is 18.1 Å². The van der Waals surface area contributed by atoms with E-state index >= 15 is 0 Å². The summed E-state index contributed by atoms with van der Waals surface area (Å²) < 4.78 is 11.4. The second-order valence-corrected chi connectivity index (χ2v) is 7.22. The van der Waals surface area contributed by atoms with Gasteiger partial charge in [-0.25, -0.2) is 9.59 Å². The first kappa shape index (κ1) is 20.7. The lowest BCUT2D eigenvalue weighted by Gasteiger charge is -2.26. The van der Waals surface area contributed by atoms with Crippen LogP contribution in [-0.2, 0) is 14.3 Å². The number of carbonyl (C=O) groups excluding carboxylic acids is 2. The molecule has 0 aliphatic rings. The Labute approximate surface area is 147 Å². The average molecular weight is 353 g/mol. The molecule has 0 fully saturated rings. The van der Waals surface area contributed by atoms with E-state index in [1.54, 1.807) is 27.7 Å². The molecule has 1 unspecified atom stereocenters. The van der Waals surface area contributed by atoms with Gasteiger partial charge in [0.25, 0.3) is 5.56 Å². The molecule has 0 aliphatic heterocycles. The SMILES string of the molecule is CCOC(=O)c1cn(C(CC(C)C)C(=O)OC(C)(C)C)c(=O)cc1O. The number of carbonyl (C=O) groups is 2. The normalized spacial score (nSPS) is 12.8. The van der Waals surface area contributed by atoms with E-state index in [1.807, 2.05) is 13.8 Å². The number of rotatable bonds is 6. The van der Waals surface area contributed by atoms with Crippen molar-refractivity contribution in [3.05, 3.63) is 28.2 Å². The Morgan fingerprint density at radius 2 is 1.88 bits per heavy atom. The molecular formula is C18H27NO6. The van der Waals surface area contributed by atoms with Crippen LogP contribution in [0.2, 0.25) is 0 Å². The molecule has 0 aromatic carbocycles. The summed E-state index contributed by atoms with van der Waals surface area (Å²) in [7, 11) is 0. The second kappa shape index (κ2) is 8.18. The summed E-state index contributed by atoms with van der Waals surface area (Å²) >= 11 is 0. The van der Waals surface area contributed by atoms with Gasteiger partial charge >= 0.3 is 11.9 Å². The maximum absolute atomic E-state index is 12.6. The summed E-state index contributed by atoms with van der Waals surface area (Å²) in [6, 6.07) is 0.00438. The molecule has 7 nitrogen and oxygen atoms in total. The minimum absolute atomic E-state index is 0.101. The molecule has 7 heteroatoms. The van der Waals surface area contributed by atoms with Crippen LogP contribution in [0.5, 0.6) is 5.75 Å². The fourth-order valence-corrected chi connectivity index (χ4v) is 2.29. The Bertz CT molecular complexity index is 684. The smallest absolute Gasteiger partial charge is 0.343 e. The zero-order valence-corrected chi connectivity index (χ0v) is 15.7. The zero-order chi connectivity index (χ0) is 19.4. The summed E-state index contributed by atoms with van der Waals surface area (Å²) in [6.07, 6.45) is 1.51. The molecule has 25 heavy (non-hydrogen) atoms. The summed E-state index contributed by atoms with van der Waals surface area (Å²) in [6.45, 7) is 10.8. The van der Waals surface area contributed by atoms with Gasteiger partial charge in [-0.15, -0.1) is 0 Å². The van der Waals surface area contributed by atoms with Crippen LogP contribution >= 0.6 is 0 Å². The van der Waals surface area contributed by atoms with Crippen LogP contribution in [0.15, 0.2) is 17.1 Å². The lowest BCUT2D eigenvalue weighted by atomic mass is 10.0. The second-order valence-electron chi connectivity index (χ2n) is 7.22. The minimum atomic E-state index is -0.902. The van der Waals surface area contributed by atoms with Crippen molar-refractivity contribution in [2.24, 2.45) is 5.92 Å². The van der Waals surface area contributed by atoms with Crippen molar-refractivity contribution in [1.29, 1.82) is 0 Å². The van der Waals surface area contributed by atoms with E-state index in [2.05, 4.69) is 0 Å². The van der Waals surface area contributed by atoms with Crippen molar-refractivity contribution >= 4 is 11.9 Å². The Balaban J connectivity index is 3.38. The first-order chi connectivity index (χ1) is 11.5. The van der Waals surface area contributed by atoms with Crippen LogP contribution in [0.25, 0.3) is 0 Å². The third-order valence-corrected chi connectivity index (χ3v) is 3.26. The summed E-state index contributed by atoms with van der Waals surface area (Å²) in [4.78, 5) is 36.8. The van der Waals surface area contributed by atoms with Crippen molar-refractivity contribution in [2.45, 2.75) is 59.6 Å². The number of nitrogens with zero attached hydrogens (tertiary/aromatic N) is 1. The van der Waals surface area contributed by atoms with E-state index in [0.717, 1.165) is 16.8 Å². The van der Waals surface area contributed by atoms with Crippen LogP contribution in [0.3, 0.4) is 0 Å². The van der Waals surface area contributed by atoms with Gasteiger partial charge in [0.2, 0.25) is 0 Å². The molecule has 0 amide bonds. The van der Waals surface area contributed by atoms with Crippen molar-refractivity contribution in [3.63, 3.8) is 0 Å². The highest BCUT2D eigenvalue weighted by Gasteiger charge is 2.29. The molecule has 1 rings (SSSR count). The molecule has 0 radical (unpaired) electrons. The predicted octanol–water partition coefficient (Wildman–Crippen LogP) is 2.66. The fraction of sp³-hybridized carbons (Fsp3) is 0.611. The quantitative estimate of drug-likeness (QED) is 0.790. The Hall–Kier alpha value is -2.31. The monoisotopic (exact) mass is 353 g/mol. The standard InChI is InChI=1S/C18H27NO6/c1-7-24-16(22)12-10-19(15(21)9-14(12)20)13(8-11(2)3)17(23)25-18(4,5)6/h9-11,13,20H,7-8H2,1-6H3.